The molecule has 0 bridgehead atoms. The predicted molar refractivity (Wildman–Crippen MR) is 118 cm³/mol. The Bertz CT molecular complexity index is 1120. The number of rotatable bonds is 5. The first-order chi connectivity index (χ1) is 14.0. The predicted octanol–water partition coefficient (Wildman–Crippen LogP) is 3.44. The van der Waals surface area contributed by atoms with Crippen molar-refractivity contribution < 1.29 is 0 Å². The number of aryl methyl sites for hydroxylation is 2. The number of benzene rings is 1. The van der Waals surface area contributed by atoms with E-state index in [1.807, 2.05) is 72.4 Å². The lowest BCUT2D eigenvalue weighted by molar-refractivity contribution is 0.543. The van der Waals surface area contributed by atoms with E-state index in [1.165, 1.54) is 0 Å². The molecule has 0 spiro atoms. The third-order valence-electron chi connectivity index (χ3n) is 5.17. The minimum atomic E-state index is -0.753. The number of hydrogen-bond acceptors (Lipinski definition) is 5. The highest BCUT2D eigenvalue weighted by atomic mass is 15.3. The second-order valence-electron chi connectivity index (χ2n) is 7.47. The van der Waals surface area contributed by atoms with Crippen LogP contribution in [-0.2, 0) is 19.0 Å². The van der Waals surface area contributed by atoms with Gasteiger partial charge in [0, 0.05) is 12.7 Å². The maximum Gasteiger partial charge on any atom is 0.153 e. The van der Waals surface area contributed by atoms with Crippen LogP contribution in [0.15, 0.2) is 54.3 Å². The van der Waals surface area contributed by atoms with E-state index in [4.69, 9.17) is 26.5 Å². The average Bonchev–Trinajstić information content (AvgIpc) is 3.05. The van der Waals surface area contributed by atoms with Crippen molar-refractivity contribution in [3.05, 3.63) is 77.0 Å². The Labute approximate surface area is 170 Å². The van der Waals surface area contributed by atoms with E-state index in [0.29, 0.717) is 12.2 Å². The number of allylic oxidation sites excluding steroid dienone is 1. The summed E-state index contributed by atoms with van der Waals surface area (Å²) in [6, 6.07) is 10.1. The largest absolute Gasteiger partial charge is 0.399 e. The topological polar surface area (TPSA) is 95.6 Å². The molecule has 6 nitrogen and oxygen atoms in total. The first kappa shape index (κ1) is 19.1. The highest BCUT2D eigenvalue weighted by Crippen LogP contribution is 2.33. The van der Waals surface area contributed by atoms with Gasteiger partial charge in [0.15, 0.2) is 5.82 Å². The van der Waals surface area contributed by atoms with Crippen LogP contribution < -0.4 is 11.5 Å². The molecule has 3 aromatic rings. The SMILES string of the molecule is CCCc1nn(C)c2c(C3(N)C=CC(N)=CC3)nc(C=Cc3ccccc3)nc12. The van der Waals surface area contributed by atoms with Crippen molar-refractivity contribution in [3.63, 3.8) is 0 Å². The first-order valence-electron chi connectivity index (χ1n) is 9.91. The molecule has 0 radical (unpaired) electrons. The van der Waals surface area contributed by atoms with Crippen LogP contribution in [0.1, 0.15) is 42.5 Å². The van der Waals surface area contributed by atoms with E-state index in [1.54, 1.807) is 0 Å². The normalized spacial score (nSPS) is 19.2. The van der Waals surface area contributed by atoms with Crippen LogP contribution in [0.2, 0.25) is 0 Å². The summed E-state index contributed by atoms with van der Waals surface area (Å²) in [4.78, 5) is 9.70. The Hall–Kier alpha value is -3.25. The number of nitrogens with zero attached hydrogens (tertiary/aromatic N) is 4. The van der Waals surface area contributed by atoms with Crippen molar-refractivity contribution in [2.24, 2.45) is 18.5 Å². The van der Waals surface area contributed by atoms with Crippen LogP contribution >= 0.6 is 0 Å². The zero-order valence-electron chi connectivity index (χ0n) is 16.8. The molecular weight excluding hydrogens is 360 g/mol. The molecule has 4 rings (SSSR count). The van der Waals surface area contributed by atoms with Gasteiger partial charge in [0.2, 0.25) is 0 Å². The highest BCUT2D eigenvalue weighted by molar-refractivity contribution is 5.83. The van der Waals surface area contributed by atoms with Crippen LogP contribution in [0.4, 0.5) is 0 Å². The van der Waals surface area contributed by atoms with Gasteiger partial charge < -0.3 is 11.5 Å². The molecule has 2 aromatic heterocycles. The zero-order valence-corrected chi connectivity index (χ0v) is 16.8. The summed E-state index contributed by atoms with van der Waals surface area (Å²) in [7, 11) is 1.92. The van der Waals surface area contributed by atoms with Crippen LogP contribution in [0.5, 0.6) is 0 Å². The Morgan fingerprint density at radius 3 is 2.66 bits per heavy atom. The minimum Gasteiger partial charge on any atom is -0.399 e. The Morgan fingerprint density at radius 2 is 1.97 bits per heavy atom. The monoisotopic (exact) mass is 386 g/mol. The highest BCUT2D eigenvalue weighted by Gasteiger charge is 2.32. The Balaban J connectivity index is 1.88. The number of fused-ring (bicyclic) bond motifs is 1. The molecule has 0 fully saturated rings. The molecule has 0 saturated carbocycles. The van der Waals surface area contributed by atoms with E-state index in [0.717, 1.165) is 46.5 Å². The molecule has 2 heterocycles. The van der Waals surface area contributed by atoms with Crippen LogP contribution in [-0.4, -0.2) is 19.7 Å². The van der Waals surface area contributed by atoms with Crippen LogP contribution in [0.25, 0.3) is 23.2 Å². The fourth-order valence-electron chi connectivity index (χ4n) is 3.64. The first-order valence-corrected chi connectivity index (χ1v) is 9.91. The molecule has 0 aliphatic heterocycles. The van der Waals surface area contributed by atoms with Crippen molar-refractivity contribution in [2.75, 3.05) is 0 Å². The van der Waals surface area contributed by atoms with Gasteiger partial charge in [-0.05, 0) is 30.6 Å². The average molecular weight is 387 g/mol. The molecule has 0 amide bonds. The van der Waals surface area contributed by atoms with Gasteiger partial charge in [0.25, 0.3) is 0 Å². The molecule has 4 N–H and O–H groups in total. The molecule has 1 aliphatic rings. The van der Waals surface area contributed by atoms with E-state index in [9.17, 15) is 0 Å². The summed E-state index contributed by atoms with van der Waals surface area (Å²) in [6.45, 7) is 2.14. The Kier molecular flexibility index (Phi) is 5.03. The van der Waals surface area contributed by atoms with Gasteiger partial charge in [-0.2, -0.15) is 5.10 Å². The van der Waals surface area contributed by atoms with Gasteiger partial charge in [-0.15, -0.1) is 0 Å². The molecule has 1 unspecified atom stereocenters. The molecule has 0 saturated heterocycles. The number of hydrogen-bond donors (Lipinski definition) is 2. The van der Waals surface area contributed by atoms with Crippen molar-refractivity contribution in [1.82, 2.24) is 19.7 Å². The third kappa shape index (κ3) is 3.71. The molecular formula is C23H26N6. The van der Waals surface area contributed by atoms with Gasteiger partial charge in [0.05, 0.1) is 16.9 Å². The summed E-state index contributed by atoms with van der Waals surface area (Å²) in [5.74, 6) is 0.627. The summed E-state index contributed by atoms with van der Waals surface area (Å²) in [5, 5.41) is 4.71. The van der Waals surface area contributed by atoms with Gasteiger partial charge in [-0.25, -0.2) is 9.97 Å². The summed E-state index contributed by atoms with van der Waals surface area (Å²) < 4.78 is 1.85. The van der Waals surface area contributed by atoms with E-state index >= 15 is 0 Å². The third-order valence-corrected chi connectivity index (χ3v) is 5.17. The van der Waals surface area contributed by atoms with Crippen LogP contribution in [0, 0.1) is 0 Å². The molecule has 148 valence electrons. The summed E-state index contributed by atoms with van der Waals surface area (Å²) >= 11 is 0. The lowest BCUT2D eigenvalue weighted by Crippen LogP contribution is -2.37. The van der Waals surface area contributed by atoms with E-state index in [2.05, 4.69) is 6.92 Å². The van der Waals surface area contributed by atoms with Crippen molar-refractivity contribution >= 4 is 23.2 Å². The fraction of sp³-hybridized carbons (Fsp3) is 0.261. The fourth-order valence-corrected chi connectivity index (χ4v) is 3.64. The Morgan fingerprint density at radius 1 is 1.17 bits per heavy atom. The molecule has 1 atom stereocenters. The maximum atomic E-state index is 6.79. The summed E-state index contributed by atoms with van der Waals surface area (Å²) in [5.41, 5.74) is 17.3. The van der Waals surface area contributed by atoms with Crippen LogP contribution in [0.3, 0.4) is 0 Å². The molecule has 1 aliphatic carbocycles. The van der Waals surface area contributed by atoms with Gasteiger partial charge >= 0.3 is 0 Å². The number of nitrogens with two attached hydrogens (primary N) is 2. The minimum absolute atomic E-state index is 0.581. The summed E-state index contributed by atoms with van der Waals surface area (Å²) in [6.07, 6.45) is 12.1. The molecule has 6 heteroatoms. The van der Waals surface area contributed by atoms with Gasteiger partial charge in [0.1, 0.15) is 11.0 Å². The smallest absolute Gasteiger partial charge is 0.153 e. The second kappa shape index (κ2) is 7.64. The molecule has 29 heavy (non-hydrogen) atoms. The van der Waals surface area contributed by atoms with Crippen molar-refractivity contribution in [3.8, 4) is 0 Å². The lowest BCUT2D eigenvalue weighted by atomic mass is 9.87. The quantitative estimate of drug-likeness (QED) is 0.700. The van der Waals surface area contributed by atoms with Crippen molar-refractivity contribution in [2.45, 2.75) is 31.7 Å². The lowest BCUT2D eigenvalue weighted by Gasteiger charge is -2.27. The van der Waals surface area contributed by atoms with E-state index < -0.39 is 5.54 Å². The van der Waals surface area contributed by atoms with Gasteiger partial charge in [-0.1, -0.05) is 61.9 Å². The number of aromatic nitrogens is 4. The maximum absolute atomic E-state index is 6.79. The standard InChI is InChI=1S/C23H26N6/c1-3-7-18-20-21(29(2)28-18)22(23(25)14-12-17(24)13-15-23)27-19(26-20)11-10-16-8-5-4-6-9-16/h4-6,8-14H,3,7,15,24-25H2,1-2H3. The van der Waals surface area contributed by atoms with E-state index in [-0.39, 0.29) is 0 Å². The van der Waals surface area contributed by atoms with Crippen molar-refractivity contribution in [1.29, 1.82) is 0 Å². The van der Waals surface area contributed by atoms with Gasteiger partial charge in [-0.3, -0.25) is 4.68 Å². The molecule has 1 aromatic carbocycles. The zero-order chi connectivity index (χ0) is 20.4. The second-order valence-corrected chi connectivity index (χ2v) is 7.47.